The lowest BCUT2D eigenvalue weighted by molar-refractivity contribution is -0.140. The van der Waals surface area contributed by atoms with Crippen LogP contribution in [0.5, 0.6) is 11.5 Å². The molecule has 1 heterocycles. The highest BCUT2D eigenvalue weighted by atomic mass is 32.9. The molecule has 0 spiro atoms. The fourth-order valence-corrected chi connectivity index (χ4v) is 5.76. The maximum atomic E-state index is 12.7. The molecule has 37 heavy (non-hydrogen) atoms. The van der Waals surface area contributed by atoms with E-state index in [-0.39, 0.29) is 30.7 Å². The highest BCUT2D eigenvalue weighted by molar-refractivity contribution is 7.98. The Morgan fingerprint density at radius 3 is 2.32 bits per heavy atom. The third kappa shape index (κ3) is 9.04. The average Bonchev–Trinajstić information content (AvgIpc) is 3.32. The number of rotatable bonds is 12. The smallest absolute Gasteiger partial charge is 0.311 e. The zero-order chi connectivity index (χ0) is 26.8. The molecule has 1 amide bonds. The topological polar surface area (TPSA) is 123 Å². The van der Waals surface area contributed by atoms with E-state index in [9.17, 15) is 19.3 Å². The second-order valence-electron chi connectivity index (χ2n) is 8.19. The van der Waals surface area contributed by atoms with Crippen LogP contribution in [0.4, 0.5) is 0 Å². The van der Waals surface area contributed by atoms with E-state index >= 15 is 0 Å². The minimum Gasteiger partial charge on any atom is -0.427 e. The van der Waals surface area contributed by atoms with Gasteiger partial charge in [-0.3, -0.25) is 14.4 Å². The molecule has 9 nitrogen and oxygen atoms in total. The predicted molar refractivity (Wildman–Crippen MR) is 148 cm³/mol. The van der Waals surface area contributed by atoms with Crippen molar-refractivity contribution in [3.05, 3.63) is 68.9 Å². The van der Waals surface area contributed by atoms with Crippen molar-refractivity contribution in [1.29, 1.82) is 0 Å². The molecule has 0 radical (unpaired) electrons. The van der Waals surface area contributed by atoms with Gasteiger partial charge in [0.05, 0.1) is 23.7 Å². The first-order valence-electron chi connectivity index (χ1n) is 10.9. The number of nitrogens with one attached hydrogen (secondary N) is 2. The molecule has 2 N–H and O–H groups in total. The van der Waals surface area contributed by atoms with E-state index in [0.29, 0.717) is 5.75 Å². The Bertz CT molecular complexity index is 1320. The third-order valence-corrected chi connectivity index (χ3v) is 8.53. The molecular formula is C24H23N3O6S4. The molecule has 0 atom stereocenters. The summed E-state index contributed by atoms with van der Waals surface area (Å²) in [5.74, 6) is -1.28. The number of nitroso groups, excluding NO2 is 1. The van der Waals surface area contributed by atoms with Gasteiger partial charge in [-0.25, -0.2) is 4.83 Å². The van der Waals surface area contributed by atoms with Gasteiger partial charge in [0.15, 0.2) is 0 Å². The van der Waals surface area contributed by atoms with Crippen molar-refractivity contribution in [1.82, 2.24) is 10.1 Å². The number of hydrogen-bond acceptors (Lipinski definition) is 11. The normalized spacial score (nSPS) is 10.9. The van der Waals surface area contributed by atoms with Crippen molar-refractivity contribution < 1.29 is 23.9 Å². The van der Waals surface area contributed by atoms with Gasteiger partial charge in [0.25, 0.3) is 5.91 Å². The summed E-state index contributed by atoms with van der Waals surface area (Å²) in [4.78, 5) is 50.8. The molecule has 0 saturated carbocycles. The van der Waals surface area contributed by atoms with Crippen molar-refractivity contribution in [3.8, 4) is 21.9 Å². The van der Waals surface area contributed by atoms with E-state index in [1.54, 1.807) is 34.6 Å². The molecule has 0 aliphatic heterocycles. The van der Waals surface area contributed by atoms with Crippen LogP contribution in [-0.4, -0.2) is 29.1 Å². The lowest BCUT2D eigenvalue weighted by Crippen LogP contribution is -2.37. The summed E-state index contributed by atoms with van der Waals surface area (Å²) >= 11 is 6.22. The van der Waals surface area contributed by atoms with Crippen molar-refractivity contribution >= 4 is 62.7 Å². The van der Waals surface area contributed by atoms with Crippen molar-refractivity contribution in [2.45, 2.75) is 31.4 Å². The van der Waals surface area contributed by atoms with Crippen LogP contribution in [0.2, 0.25) is 0 Å². The van der Waals surface area contributed by atoms with E-state index in [2.05, 4.69) is 15.4 Å². The van der Waals surface area contributed by atoms with Gasteiger partial charge in [0.1, 0.15) is 15.3 Å². The molecule has 13 heteroatoms. The zero-order valence-electron chi connectivity index (χ0n) is 19.8. The lowest BCUT2D eigenvalue weighted by atomic mass is 10.1. The van der Waals surface area contributed by atoms with Crippen LogP contribution < -0.4 is 19.6 Å². The van der Waals surface area contributed by atoms with E-state index in [0.717, 1.165) is 26.2 Å². The fraction of sp³-hybridized carbons (Fsp3) is 0.250. The van der Waals surface area contributed by atoms with Gasteiger partial charge in [0.2, 0.25) is 0 Å². The van der Waals surface area contributed by atoms with Crippen LogP contribution in [0, 0.1) is 8.73 Å². The second kappa shape index (κ2) is 13.4. The van der Waals surface area contributed by atoms with Crippen molar-refractivity contribution in [2.75, 3.05) is 6.54 Å². The van der Waals surface area contributed by atoms with E-state index < -0.39 is 22.6 Å². The van der Waals surface area contributed by atoms with Crippen LogP contribution >= 0.6 is 44.8 Å². The molecule has 0 saturated heterocycles. The molecule has 0 bridgehead atoms. The first-order valence-corrected chi connectivity index (χ1v) is 14.3. The number of esters is 2. The number of ether oxygens (including phenoxy) is 2. The minimum atomic E-state index is -0.677. The summed E-state index contributed by atoms with van der Waals surface area (Å²) in [7, 11) is 3.10. The Hall–Kier alpha value is -3.13. The highest BCUT2D eigenvalue weighted by Crippen LogP contribution is 2.30. The summed E-state index contributed by atoms with van der Waals surface area (Å²) in [6.07, 6.45) is -0.414. The Morgan fingerprint density at radius 2 is 1.68 bits per heavy atom. The Morgan fingerprint density at radius 1 is 1.00 bits per heavy atom. The quantitative estimate of drug-likeness (QED) is 0.0513. The van der Waals surface area contributed by atoms with Crippen LogP contribution in [0.25, 0.3) is 10.4 Å². The summed E-state index contributed by atoms with van der Waals surface area (Å²) in [6, 6.07) is 15.2. The van der Waals surface area contributed by atoms with Gasteiger partial charge in [-0.05, 0) is 73.8 Å². The van der Waals surface area contributed by atoms with E-state index in [1.165, 1.54) is 22.5 Å². The fourth-order valence-electron chi connectivity index (χ4n) is 2.93. The maximum absolute atomic E-state index is 12.7. The van der Waals surface area contributed by atoms with Crippen molar-refractivity contribution in [2.24, 2.45) is 5.29 Å². The Balaban J connectivity index is 1.50. The van der Waals surface area contributed by atoms with Crippen molar-refractivity contribution in [3.63, 3.8) is 0 Å². The number of hydrogen-bond donors (Lipinski definition) is 2. The molecule has 0 fully saturated rings. The number of benzene rings is 2. The number of amides is 1. The van der Waals surface area contributed by atoms with Gasteiger partial charge < -0.3 is 14.8 Å². The monoisotopic (exact) mass is 577 g/mol. The molecule has 0 aliphatic rings. The largest absolute Gasteiger partial charge is 0.427 e. The van der Waals surface area contributed by atoms with Gasteiger partial charge in [0, 0.05) is 16.2 Å². The molecule has 3 rings (SSSR count). The van der Waals surface area contributed by atoms with E-state index in [1.807, 2.05) is 32.0 Å². The third-order valence-electron chi connectivity index (χ3n) is 4.76. The van der Waals surface area contributed by atoms with Crippen LogP contribution in [0.3, 0.4) is 0 Å². The highest BCUT2D eigenvalue weighted by Gasteiger charge is 2.22. The lowest BCUT2D eigenvalue weighted by Gasteiger charge is -2.22. The molecule has 2 aromatic carbocycles. The van der Waals surface area contributed by atoms with E-state index in [4.69, 9.17) is 21.7 Å². The van der Waals surface area contributed by atoms with Gasteiger partial charge in [-0.15, -0.1) is 4.91 Å². The minimum absolute atomic E-state index is 0.0730. The Labute approximate surface area is 230 Å². The number of nitrogens with zero attached hydrogens (tertiary/aromatic N) is 1. The number of carbonyl (C=O) groups excluding carboxylic acids is 3. The summed E-state index contributed by atoms with van der Waals surface area (Å²) in [5.41, 5.74) is 1.14. The average molecular weight is 578 g/mol. The summed E-state index contributed by atoms with van der Waals surface area (Å²) in [6.45, 7) is 3.85. The first kappa shape index (κ1) is 28.4. The Kier molecular flexibility index (Phi) is 10.3. The van der Waals surface area contributed by atoms with Crippen LogP contribution in [0.1, 0.15) is 37.0 Å². The van der Waals surface area contributed by atoms with Gasteiger partial charge >= 0.3 is 11.9 Å². The first-order chi connectivity index (χ1) is 17.7. The zero-order valence-corrected chi connectivity index (χ0v) is 23.1. The number of carbonyl (C=O) groups is 3. The molecule has 3 aromatic rings. The summed E-state index contributed by atoms with van der Waals surface area (Å²) < 4.78 is 10.9. The maximum Gasteiger partial charge on any atom is 0.311 e. The molecular weight excluding hydrogens is 555 g/mol. The molecule has 1 aromatic heterocycles. The molecule has 0 aliphatic carbocycles. The van der Waals surface area contributed by atoms with Gasteiger partial charge in [-0.1, -0.05) is 45.0 Å². The second-order valence-corrected chi connectivity index (χ2v) is 12.6. The number of para-hydroxylation sites is 1. The SMILES string of the molecule is CC(C)(CNC(=O)c1ccccc1OC(=O)CCC(=O)Oc1ccc(-c2cc(=S)ss2)cc1)SNN=O. The predicted octanol–water partition coefficient (Wildman–Crippen LogP) is 5.92. The molecule has 194 valence electrons. The molecule has 0 unspecified atom stereocenters. The van der Waals surface area contributed by atoms with Crippen LogP contribution in [0.15, 0.2) is 59.9 Å². The summed E-state index contributed by atoms with van der Waals surface area (Å²) in [5, 5.41) is 5.32. The van der Waals surface area contributed by atoms with Crippen LogP contribution in [-0.2, 0) is 9.59 Å². The standard InChI is InChI=1S/C24H23N3O6S4/c1-24(2,37-27-26-31)14-25-23(30)17-5-3-4-6-18(17)33-21(29)12-11-20(28)32-16-9-7-15(8-10-16)19-13-22(34)36-35-19/h3-10,13H,11-12,14H2,1-2H3,(H,25,30)(H,27,31). The van der Waals surface area contributed by atoms with Gasteiger partial charge in [-0.2, -0.15) is 0 Å².